The molecular weight excluding hydrogens is 220 g/mol. The first-order chi connectivity index (χ1) is 8.11. The van der Waals surface area contributed by atoms with E-state index in [0.717, 1.165) is 18.1 Å². The zero-order valence-corrected chi connectivity index (χ0v) is 9.50. The van der Waals surface area contributed by atoms with Gasteiger partial charge in [-0.15, -0.1) is 0 Å². The van der Waals surface area contributed by atoms with Crippen molar-refractivity contribution in [2.75, 3.05) is 5.73 Å². The molecule has 0 bridgehead atoms. The summed E-state index contributed by atoms with van der Waals surface area (Å²) in [5.41, 5.74) is 8.55. The lowest BCUT2D eigenvalue weighted by molar-refractivity contribution is 0.585. The molecule has 0 aliphatic heterocycles. The van der Waals surface area contributed by atoms with Crippen molar-refractivity contribution < 1.29 is 8.78 Å². The molecule has 88 valence electrons. The van der Waals surface area contributed by atoms with Crippen LogP contribution in [0.3, 0.4) is 0 Å². The summed E-state index contributed by atoms with van der Waals surface area (Å²) in [6, 6.07) is 8.90. The van der Waals surface area contributed by atoms with Crippen LogP contribution in [0.25, 0.3) is 11.1 Å². The normalized spacial score (nSPS) is 10.5. The van der Waals surface area contributed by atoms with Crippen molar-refractivity contribution >= 4 is 5.69 Å². The summed E-state index contributed by atoms with van der Waals surface area (Å²) < 4.78 is 26.4. The Kier molecular flexibility index (Phi) is 3.09. The SMILES string of the molecule is CCc1cc(-c2ccc(F)cc2F)ccc1N. The molecule has 0 aromatic heterocycles. The number of halogens is 2. The van der Waals surface area contributed by atoms with Crippen LogP contribution in [-0.2, 0) is 6.42 Å². The Morgan fingerprint density at radius 1 is 1.06 bits per heavy atom. The highest BCUT2D eigenvalue weighted by molar-refractivity contribution is 5.68. The Hall–Kier alpha value is -1.90. The molecule has 0 aliphatic carbocycles. The maximum absolute atomic E-state index is 13.6. The van der Waals surface area contributed by atoms with Crippen LogP contribution in [0.15, 0.2) is 36.4 Å². The fourth-order valence-corrected chi connectivity index (χ4v) is 1.80. The van der Waals surface area contributed by atoms with Crippen molar-refractivity contribution in [2.24, 2.45) is 0 Å². The van der Waals surface area contributed by atoms with Gasteiger partial charge in [-0.25, -0.2) is 8.78 Å². The lowest BCUT2D eigenvalue weighted by Crippen LogP contribution is -1.94. The van der Waals surface area contributed by atoms with Crippen molar-refractivity contribution in [3.8, 4) is 11.1 Å². The zero-order chi connectivity index (χ0) is 12.4. The molecule has 0 fully saturated rings. The van der Waals surface area contributed by atoms with Crippen LogP contribution in [0.5, 0.6) is 0 Å². The van der Waals surface area contributed by atoms with Crippen LogP contribution in [0.2, 0.25) is 0 Å². The van der Waals surface area contributed by atoms with E-state index in [4.69, 9.17) is 5.73 Å². The summed E-state index contributed by atoms with van der Waals surface area (Å²) >= 11 is 0. The van der Waals surface area contributed by atoms with Crippen LogP contribution in [0.1, 0.15) is 12.5 Å². The smallest absolute Gasteiger partial charge is 0.133 e. The largest absolute Gasteiger partial charge is 0.399 e. The Balaban J connectivity index is 2.53. The van der Waals surface area contributed by atoms with Crippen LogP contribution in [0, 0.1) is 11.6 Å². The quantitative estimate of drug-likeness (QED) is 0.785. The molecule has 0 radical (unpaired) electrons. The first-order valence-corrected chi connectivity index (χ1v) is 5.45. The highest BCUT2D eigenvalue weighted by atomic mass is 19.1. The molecule has 0 saturated heterocycles. The minimum atomic E-state index is -0.572. The number of benzene rings is 2. The van der Waals surface area contributed by atoms with Crippen LogP contribution in [0.4, 0.5) is 14.5 Å². The minimum Gasteiger partial charge on any atom is -0.399 e. The molecule has 0 heterocycles. The Labute approximate surface area is 98.9 Å². The Morgan fingerprint density at radius 3 is 2.47 bits per heavy atom. The van der Waals surface area contributed by atoms with Gasteiger partial charge < -0.3 is 5.73 Å². The van der Waals surface area contributed by atoms with Gasteiger partial charge >= 0.3 is 0 Å². The third kappa shape index (κ3) is 2.28. The maximum atomic E-state index is 13.6. The zero-order valence-electron chi connectivity index (χ0n) is 9.50. The summed E-state index contributed by atoms with van der Waals surface area (Å²) in [4.78, 5) is 0. The Morgan fingerprint density at radius 2 is 1.82 bits per heavy atom. The molecule has 0 unspecified atom stereocenters. The lowest BCUT2D eigenvalue weighted by Gasteiger charge is -2.08. The predicted molar refractivity (Wildman–Crippen MR) is 65.6 cm³/mol. The van der Waals surface area contributed by atoms with Gasteiger partial charge in [0.1, 0.15) is 11.6 Å². The molecule has 0 atom stereocenters. The summed E-state index contributed by atoms with van der Waals surface area (Å²) in [5, 5.41) is 0. The molecule has 2 aromatic carbocycles. The summed E-state index contributed by atoms with van der Waals surface area (Å²) in [6.45, 7) is 1.98. The highest BCUT2D eigenvalue weighted by Gasteiger charge is 2.07. The third-order valence-electron chi connectivity index (χ3n) is 2.77. The van der Waals surface area contributed by atoms with Crippen LogP contribution in [-0.4, -0.2) is 0 Å². The summed E-state index contributed by atoms with van der Waals surface area (Å²) in [5.74, 6) is -1.13. The molecule has 1 nitrogen and oxygen atoms in total. The van der Waals surface area contributed by atoms with E-state index in [-0.39, 0.29) is 0 Å². The average Bonchev–Trinajstić information content (AvgIpc) is 2.30. The molecule has 2 N–H and O–H groups in total. The van der Waals surface area contributed by atoms with Gasteiger partial charge in [0, 0.05) is 17.3 Å². The van der Waals surface area contributed by atoms with E-state index in [1.807, 2.05) is 13.0 Å². The Bertz CT molecular complexity index is 550. The van der Waals surface area contributed by atoms with E-state index in [0.29, 0.717) is 16.8 Å². The standard InChI is InChI=1S/C14H13F2N/c1-2-9-7-10(3-6-14(9)17)12-5-4-11(15)8-13(12)16/h3-8H,2,17H2,1H3. The lowest BCUT2D eigenvalue weighted by atomic mass is 10.0. The number of anilines is 1. The average molecular weight is 233 g/mol. The van der Waals surface area contributed by atoms with Crippen molar-refractivity contribution in [3.63, 3.8) is 0 Å². The predicted octanol–water partition coefficient (Wildman–Crippen LogP) is 3.78. The molecule has 3 heteroatoms. The molecule has 0 aliphatic rings. The second kappa shape index (κ2) is 4.53. The molecular formula is C14H13F2N. The van der Waals surface area contributed by atoms with Crippen molar-refractivity contribution in [1.82, 2.24) is 0 Å². The van der Waals surface area contributed by atoms with Crippen molar-refractivity contribution in [1.29, 1.82) is 0 Å². The third-order valence-corrected chi connectivity index (χ3v) is 2.77. The first kappa shape index (κ1) is 11.6. The number of rotatable bonds is 2. The topological polar surface area (TPSA) is 26.0 Å². The van der Waals surface area contributed by atoms with Gasteiger partial charge in [-0.05, 0) is 41.8 Å². The summed E-state index contributed by atoms with van der Waals surface area (Å²) in [6.07, 6.45) is 0.780. The van der Waals surface area contributed by atoms with Gasteiger partial charge in [-0.3, -0.25) is 0 Å². The van der Waals surface area contributed by atoms with E-state index in [2.05, 4.69) is 0 Å². The van der Waals surface area contributed by atoms with E-state index in [1.165, 1.54) is 12.1 Å². The van der Waals surface area contributed by atoms with Gasteiger partial charge in [0.15, 0.2) is 0 Å². The maximum Gasteiger partial charge on any atom is 0.133 e. The second-order valence-electron chi connectivity index (χ2n) is 3.89. The van der Waals surface area contributed by atoms with Crippen molar-refractivity contribution in [3.05, 3.63) is 53.6 Å². The number of nitrogen functional groups attached to an aromatic ring is 1. The molecule has 0 saturated carbocycles. The van der Waals surface area contributed by atoms with Gasteiger partial charge in [0.2, 0.25) is 0 Å². The van der Waals surface area contributed by atoms with Gasteiger partial charge in [-0.2, -0.15) is 0 Å². The minimum absolute atomic E-state index is 0.390. The van der Waals surface area contributed by atoms with E-state index in [9.17, 15) is 8.78 Å². The van der Waals surface area contributed by atoms with E-state index in [1.54, 1.807) is 12.1 Å². The fraction of sp³-hybridized carbons (Fsp3) is 0.143. The summed E-state index contributed by atoms with van der Waals surface area (Å²) in [7, 11) is 0. The molecule has 0 amide bonds. The second-order valence-corrected chi connectivity index (χ2v) is 3.89. The van der Waals surface area contributed by atoms with Crippen LogP contribution < -0.4 is 5.73 Å². The van der Waals surface area contributed by atoms with Gasteiger partial charge in [0.05, 0.1) is 0 Å². The van der Waals surface area contributed by atoms with Crippen molar-refractivity contribution in [2.45, 2.75) is 13.3 Å². The fourth-order valence-electron chi connectivity index (χ4n) is 1.80. The van der Waals surface area contributed by atoms with Crippen LogP contribution >= 0.6 is 0 Å². The molecule has 0 spiro atoms. The monoisotopic (exact) mass is 233 g/mol. The molecule has 2 rings (SSSR count). The highest BCUT2D eigenvalue weighted by Crippen LogP contribution is 2.26. The van der Waals surface area contributed by atoms with Gasteiger partial charge in [0.25, 0.3) is 0 Å². The number of hydrogen-bond acceptors (Lipinski definition) is 1. The van der Waals surface area contributed by atoms with E-state index < -0.39 is 11.6 Å². The first-order valence-electron chi connectivity index (χ1n) is 5.45. The number of hydrogen-bond donors (Lipinski definition) is 1. The van der Waals surface area contributed by atoms with Gasteiger partial charge in [-0.1, -0.05) is 13.0 Å². The number of nitrogens with two attached hydrogens (primary N) is 1. The number of aryl methyl sites for hydroxylation is 1. The molecule has 2 aromatic rings. The van der Waals surface area contributed by atoms with E-state index >= 15 is 0 Å². The molecule has 17 heavy (non-hydrogen) atoms.